The number of nitrogens with zero attached hydrogens (tertiary/aromatic N) is 5. The van der Waals surface area contributed by atoms with Crippen LogP contribution in [0.3, 0.4) is 0 Å². The van der Waals surface area contributed by atoms with Crippen LogP contribution in [0, 0.1) is 5.82 Å². The fourth-order valence-corrected chi connectivity index (χ4v) is 3.40. The zero-order valence-corrected chi connectivity index (χ0v) is 15.3. The molecule has 0 saturated carbocycles. The predicted molar refractivity (Wildman–Crippen MR) is 98.9 cm³/mol. The third-order valence-corrected chi connectivity index (χ3v) is 5.05. The van der Waals surface area contributed by atoms with E-state index in [1.807, 2.05) is 6.07 Å². The molecule has 0 spiro atoms. The van der Waals surface area contributed by atoms with Gasteiger partial charge in [0.15, 0.2) is 0 Å². The van der Waals surface area contributed by atoms with Gasteiger partial charge in [0.25, 0.3) is 10.0 Å². The van der Waals surface area contributed by atoms with E-state index >= 15 is 0 Å². The summed E-state index contributed by atoms with van der Waals surface area (Å²) in [4.78, 5) is 7.75. The Morgan fingerprint density at radius 1 is 1.03 bits per heavy atom. The first-order chi connectivity index (χ1) is 14.0. The number of anilines is 1. The van der Waals surface area contributed by atoms with Crippen molar-refractivity contribution in [2.24, 2.45) is 0 Å². The van der Waals surface area contributed by atoms with Crippen molar-refractivity contribution in [2.45, 2.75) is 4.90 Å². The van der Waals surface area contributed by atoms with E-state index in [1.165, 1.54) is 12.4 Å². The Morgan fingerprint density at radius 2 is 1.79 bits per heavy atom. The summed E-state index contributed by atoms with van der Waals surface area (Å²) in [6.07, 6.45) is 2.51. The summed E-state index contributed by atoms with van der Waals surface area (Å²) in [6, 6.07) is 12.2. The molecule has 12 heteroatoms. The van der Waals surface area contributed by atoms with E-state index in [4.69, 9.17) is 4.74 Å². The number of H-pyrrole nitrogens is 1. The topological polar surface area (TPSA) is 136 Å². The number of aromatic nitrogens is 6. The molecule has 0 bridgehead atoms. The van der Waals surface area contributed by atoms with Gasteiger partial charge in [0, 0.05) is 0 Å². The Morgan fingerprint density at radius 3 is 2.48 bits per heavy atom. The van der Waals surface area contributed by atoms with Gasteiger partial charge in [0.2, 0.25) is 5.82 Å². The van der Waals surface area contributed by atoms with Gasteiger partial charge in [0.05, 0.1) is 28.5 Å². The van der Waals surface area contributed by atoms with Crippen LogP contribution < -0.4 is 9.46 Å². The minimum absolute atomic E-state index is 0.0559. The lowest BCUT2D eigenvalue weighted by Crippen LogP contribution is -2.13. The second kappa shape index (κ2) is 7.59. The number of hydrogen-bond acceptors (Lipinski definition) is 8. The molecule has 2 aromatic heterocycles. The summed E-state index contributed by atoms with van der Waals surface area (Å²) in [7, 11) is -4.04. The monoisotopic (exact) mass is 413 g/mol. The quantitative estimate of drug-likeness (QED) is 0.492. The molecule has 0 fully saturated rings. The highest BCUT2D eigenvalue weighted by molar-refractivity contribution is 7.92. The molecule has 146 valence electrons. The molecule has 0 radical (unpaired) electrons. The predicted octanol–water partition coefficient (Wildman–Crippen LogP) is 2.39. The maximum atomic E-state index is 14.0. The molecule has 29 heavy (non-hydrogen) atoms. The fraction of sp³-hybridized carbons (Fsp3) is 0. The summed E-state index contributed by atoms with van der Waals surface area (Å²) in [6.45, 7) is 0. The Bertz CT molecular complexity index is 1220. The summed E-state index contributed by atoms with van der Waals surface area (Å²) < 4.78 is 47.0. The summed E-state index contributed by atoms with van der Waals surface area (Å²) >= 11 is 0. The smallest absolute Gasteiger partial charge is 0.322 e. The lowest BCUT2D eigenvalue weighted by Gasteiger charge is -2.09. The first-order valence-corrected chi connectivity index (χ1v) is 9.61. The van der Waals surface area contributed by atoms with E-state index in [2.05, 4.69) is 35.3 Å². The van der Waals surface area contributed by atoms with Crippen LogP contribution >= 0.6 is 0 Å². The summed E-state index contributed by atoms with van der Waals surface area (Å²) in [5.41, 5.74) is 0.000307. The van der Waals surface area contributed by atoms with Crippen molar-refractivity contribution in [2.75, 3.05) is 4.72 Å². The molecular formula is C17H12FN7O3S. The van der Waals surface area contributed by atoms with Crippen LogP contribution in [-0.4, -0.2) is 39.0 Å². The Kier molecular flexibility index (Phi) is 4.83. The van der Waals surface area contributed by atoms with Gasteiger partial charge in [-0.05, 0) is 35.5 Å². The second-order valence-electron chi connectivity index (χ2n) is 5.65. The van der Waals surface area contributed by atoms with Gasteiger partial charge < -0.3 is 4.74 Å². The van der Waals surface area contributed by atoms with Gasteiger partial charge in [-0.2, -0.15) is 5.21 Å². The van der Waals surface area contributed by atoms with Crippen molar-refractivity contribution < 1.29 is 17.5 Å². The van der Waals surface area contributed by atoms with Crippen molar-refractivity contribution in [1.29, 1.82) is 0 Å². The van der Waals surface area contributed by atoms with Crippen molar-refractivity contribution in [3.63, 3.8) is 0 Å². The number of halogens is 1. The van der Waals surface area contributed by atoms with E-state index in [9.17, 15) is 12.8 Å². The zero-order chi connectivity index (χ0) is 20.3. The second-order valence-corrected chi connectivity index (χ2v) is 7.33. The molecule has 0 atom stereocenters. The molecule has 0 aliphatic rings. The molecule has 0 amide bonds. The van der Waals surface area contributed by atoms with E-state index in [1.54, 1.807) is 24.3 Å². The number of sulfonamides is 1. The maximum Gasteiger partial charge on any atom is 0.322 e. The van der Waals surface area contributed by atoms with Gasteiger partial charge in [-0.15, -0.1) is 10.2 Å². The molecule has 0 unspecified atom stereocenters. The van der Waals surface area contributed by atoms with Crippen LogP contribution in [0.5, 0.6) is 11.8 Å². The SMILES string of the molecule is O=S(=O)(Nc1cnc(Oc2ccccc2)nc1)c1ccc(F)c(-c2nn[nH]n2)c1. The molecular weight excluding hydrogens is 401 g/mol. The van der Waals surface area contributed by atoms with Crippen molar-refractivity contribution in [3.05, 3.63) is 66.7 Å². The number of aromatic amines is 1. The highest BCUT2D eigenvalue weighted by atomic mass is 32.2. The van der Waals surface area contributed by atoms with E-state index in [-0.39, 0.29) is 28.0 Å². The molecule has 2 N–H and O–H groups in total. The van der Waals surface area contributed by atoms with E-state index in [0.717, 1.165) is 18.2 Å². The third kappa shape index (κ3) is 4.16. The van der Waals surface area contributed by atoms with Crippen LogP contribution in [0.15, 0.2) is 65.8 Å². The molecule has 2 aromatic carbocycles. The molecule has 2 heterocycles. The zero-order valence-electron chi connectivity index (χ0n) is 14.5. The molecule has 0 aliphatic carbocycles. The fourth-order valence-electron chi connectivity index (χ4n) is 2.35. The van der Waals surface area contributed by atoms with Crippen molar-refractivity contribution >= 4 is 15.7 Å². The highest BCUT2D eigenvalue weighted by Gasteiger charge is 2.19. The van der Waals surface area contributed by atoms with Crippen LogP contribution in [0.4, 0.5) is 10.1 Å². The minimum Gasteiger partial charge on any atom is -0.424 e. The van der Waals surface area contributed by atoms with Crippen LogP contribution in [0.1, 0.15) is 0 Å². The van der Waals surface area contributed by atoms with Crippen molar-refractivity contribution in [1.82, 2.24) is 30.6 Å². The first kappa shape index (κ1) is 18.4. The van der Waals surface area contributed by atoms with Crippen LogP contribution in [-0.2, 0) is 10.0 Å². The van der Waals surface area contributed by atoms with Crippen molar-refractivity contribution in [3.8, 4) is 23.1 Å². The van der Waals surface area contributed by atoms with E-state index in [0.29, 0.717) is 5.75 Å². The molecule has 10 nitrogen and oxygen atoms in total. The number of nitrogens with one attached hydrogen (secondary N) is 2. The number of para-hydroxylation sites is 1. The lowest BCUT2D eigenvalue weighted by atomic mass is 10.2. The summed E-state index contributed by atoms with van der Waals surface area (Å²) in [5, 5.41) is 12.9. The number of hydrogen-bond donors (Lipinski definition) is 2. The number of benzene rings is 2. The maximum absolute atomic E-state index is 14.0. The van der Waals surface area contributed by atoms with Crippen LogP contribution in [0.25, 0.3) is 11.4 Å². The number of rotatable bonds is 6. The Hall–Kier alpha value is -3.93. The first-order valence-electron chi connectivity index (χ1n) is 8.12. The van der Waals surface area contributed by atoms with Gasteiger partial charge in [-0.1, -0.05) is 18.2 Å². The molecule has 4 rings (SSSR count). The molecule has 0 saturated heterocycles. The highest BCUT2D eigenvalue weighted by Crippen LogP contribution is 2.24. The van der Waals surface area contributed by atoms with E-state index < -0.39 is 15.8 Å². The average molecular weight is 413 g/mol. The van der Waals surface area contributed by atoms with Gasteiger partial charge >= 0.3 is 6.01 Å². The van der Waals surface area contributed by atoms with Gasteiger partial charge in [-0.3, -0.25) is 4.72 Å². The molecule has 0 aliphatic heterocycles. The lowest BCUT2D eigenvalue weighted by molar-refractivity contribution is 0.442. The standard InChI is InChI=1S/C17H12FN7O3S/c18-15-7-6-13(8-14(15)16-21-24-25-22-16)29(26,27)23-11-9-19-17(20-10-11)28-12-4-2-1-3-5-12/h1-10,23H,(H,21,22,24,25). The Balaban J connectivity index is 1.54. The number of tetrazole rings is 1. The largest absolute Gasteiger partial charge is 0.424 e. The Labute approximate surface area is 163 Å². The van der Waals surface area contributed by atoms with Gasteiger partial charge in [0.1, 0.15) is 11.6 Å². The normalized spacial score (nSPS) is 11.2. The average Bonchev–Trinajstić information content (AvgIpc) is 3.25. The van der Waals surface area contributed by atoms with Gasteiger partial charge in [-0.25, -0.2) is 22.8 Å². The minimum atomic E-state index is -4.04. The number of ether oxygens (including phenoxy) is 1. The van der Waals surface area contributed by atoms with Crippen LogP contribution in [0.2, 0.25) is 0 Å². The molecule has 4 aromatic rings. The summed E-state index contributed by atoms with van der Waals surface area (Å²) in [5.74, 6) is -0.206. The third-order valence-electron chi connectivity index (χ3n) is 3.67.